The van der Waals surface area contributed by atoms with Crippen molar-refractivity contribution < 1.29 is 28.9 Å². The fraction of sp³-hybridized carbons (Fsp3) is 0.769. The summed E-state index contributed by atoms with van der Waals surface area (Å²) in [7, 11) is 0. The molecule has 8 atom stereocenters. The normalized spacial score (nSPS) is 39.7. The van der Waals surface area contributed by atoms with E-state index in [4.69, 9.17) is 14.2 Å². The van der Waals surface area contributed by atoms with Crippen molar-refractivity contribution in [3.8, 4) is 0 Å². The summed E-state index contributed by atoms with van der Waals surface area (Å²) in [5.41, 5.74) is 0.600. The van der Waals surface area contributed by atoms with E-state index in [0.29, 0.717) is 43.1 Å². The summed E-state index contributed by atoms with van der Waals surface area (Å²) in [4.78, 5) is 24.4. The van der Waals surface area contributed by atoms with Crippen molar-refractivity contribution in [3.63, 3.8) is 0 Å². The van der Waals surface area contributed by atoms with E-state index in [1.165, 1.54) is 6.92 Å². The number of ether oxygens (including phenoxy) is 3. The predicted molar refractivity (Wildman–Crippen MR) is 122 cm³/mol. The van der Waals surface area contributed by atoms with Crippen LogP contribution in [0.1, 0.15) is 73.1 Å². The Labute approximate surface area is 192 Å². The van der Waals surface area contributed by atoms with Gasteiger partial charge in [-0.2, -0.15) is 0 Å². The number of hydrogen-bond acceptors (Lipinski definition) is 6. The zero-order valence-electron chi connectivity index (χ0n) is 20.3. The number of rotatable bonds is 5. The summed E-state index contributed by atoms with van der Waals surface area (Å²) < 4.78 is 18.3. The lowest BCUT2D eigenvalue weighted by Crippen LogP contribution is -2.51. The molecule has 1 saturated carbocycles. The molecule has 2 heterocycles. The van der Waals surface area contributed by atoms with Crippen molar-refractivity contribution in [3.05, 3.63) is 24.3 Å². The Morgan fingerprint density at radius 2 is 1.97 bits per heavy atom. The van der Waals surface area contributed by atoms with Crippen molar-refractivity contribution >= 4 is 11.9 Å². The largest absolute Gasteiger partial charge is 0.458 e. The maximum atomic E-state index is 12.7. The summed E-state index contributed by atoms with van der Waals surface area (Å²) in [6, 6.07) is 0. The molecule has 3 fully saturated rings. The summed E-state index contributed by atoms with van der Waals surface area (Å²) in [6.07, 6.45) is 1.21. The van der Waals surface area contributed by atoms with Crippen LogP contribution in [0.5, 0.6) is 0 Å². The SMILES string of the molecule is C=C1CC[C@H](C(C)C)[C@@H]2[C@H]1[C@@H]1O[C@H]2[C@](C)(OC(=O)CCC)CC[C@H](OC(C)=O)C(=C)[C@H]1O. The Morgan fingerprint density at radius 3 is 2.56 bits per heavy atom. The van der Waals surface area contributed by atoms with Gasteiger partial charge in [0.15, 0.2) is 0 Å². The Morgan fingerprint density at radius 1 is 1.28 bits per heavy atom. The molecule has 0 radical (unpaired) electrons. The van der Waals surface area contributed by atoms with Crippen molar-refractivity contribution in [1.82, 2.24) is 0 Å². The molecule has 0 amide bonds. The first kappa shape index (κ1) is 25.0. The van der Waals surface area contributed by atoms with Crippen LogP contribution in [0, 0.1) is 23.7 Å². The molecular formula is C26H40O6. The van der Waals surface area contributed by atoms with Crippen molar-refractivity contribution in [1.29, 1.82) is 0 Å². The van der Waals surface area contributed by atoms with E-state index in [1.807, 2.05) is 13.8 Å². The number of aliphatic hydroxyl groups is 1. The molecule has 2 saturated heterocycles. The van der Waals surface area contributed by atoms with E-state index in [0.717, 1.165) is 18.4 Å². The number of aliphatic hydroxyl groups excluding tert-OH is 1. The Bertz CT molecular complexity index is 757. The van der Waals surface area contributed by atoms with Gasteiger partial charge in [0.1, 0.15) is 23.9 Å². The highest BCUT2D eigenvalue weighted by Crippen LogP contribution is 2.55. The van der Waals surface area contributed by atoms with Gasteiger partial charge in [0.25, 0.3) is 0 Å². The van der Waals surface area contributed by atoms with Gasteiger partial charge in [-0.15, -0.1) is 0 Å². The van der Waals surface area contributed by atoms with Crippen LogP contribution >= 0.6 is 0 Å². The second-order valence-electron chi connectivity index (χ2n) is 10.4. The number of hydrogen-bond donors (Lipinski definition) is 1. The summed E-state index contributed by atoms with van der Waals surface area (Å²) in [6.45, 7) is 18.1. The zero-order valence-corrected chi connectivity index (χ0v) is 20.3. The predicted octanol–water partition coefficient (Wildman–Crippen LogP) is 4.35. The van der Waals surface area contributed by atoms with Gasteiger partial charge in [-0.3, -0.25) is 9.59 Å². The molecule has 0 aromatic rings. The van der Waals surface area contributed by atoms with Crippen LogP contribution in [-0.2, 0) is 23.8 Å². The summed E-state index contributed by atoms with van der Waals surface area (Å²) >= 11 is 0. The molecule has 0 aromatic carbocycles. The molecule has 1 N–H and O–H groups in total. The smallest absolute Gasteiger partial charge is 0.306 e. The minimum absolute atomic E-state index is 0.0619. The minimum Gasteiger partial charge on any atom is -0.458 e. The highest BCUT2D eigenvalue weighted by Gasteiger charge is 2.60. The van der Waals surface area contributed by atoms with Crippen LogP contribution in [0.2, 0.25) is 0 Å². The maximum absolute atomic E-state index is 12.7. The van der Waals surface area contributed by atoms with Crippen LogP contribution in [0.3, 0.4) is 0 Å². The monoisotopic (exact) mass is 448 g/mol. The molecule has 1 aliphatic carbocycles. The van der Waals surface area contributed by atoms with Crippen molar-refractivity contribution in [2.75, 3.05) is 0 Å². The zero-order chi connectivity index (χ0) is 23.8. The molecule has 0 unspecified atom stereocenters. The quantitative estimate of drug-likeness (QED) is 0.497. The molecule has 0 aromatic heterocycles. The highest BCUT2D eigenvalue weighted by atomic mass is 16.6. The van der Waals surface area contributed by atoms with Gasteiger partial charge in [-0.25, -0.2) is 0 Å². The lowest BCUT2D eigenvalue weighted by molar-refractivity contribution is -0.184. The topological polar surface area (TPSA) is 82.1 Å². The van der Waals surface area contributed by atoms with Crippen molar-refractivity contribution in [2.24, 2.45) is 23.7 Å². The Hall–Kier alpha value is -1.66. The number of carbonyl (C=O) groups is 2. The van der Waals surface area contributed by atoms with Crippen LogP contribution in [-0.4, -0.2) is 47.1 Å². The van der Waals surface area contributed by atoms with E-state index >= 15 is 0 Å². The van der Waals surface area contributed by atoms with E-state index in [1.54, 1.807) is 0 Å². The molecule has 32 heavy (non-hydrogen) atoms. The highest BCUT2D eigenvalue weighted by molar-refractivity contribution is 5.70. The third-order valence-electron chi connectivity index (χ3n) is 7.76. The number of esters is 2. The van der Waals surface area contributed by atoms with Gasteiger partial charge in [-0.1, -0.05) is 39.5 Å². The molecule has 2 aliphatic heterocycles. The first-order valence-corrected chi connectivity index (χ1v) is 12.1. The molecule has 0 spiro atoms. The summed E-state index contributed by atoms with van der Waals surface area (Å²) in [5.74, 6) is 0.138. The van der Waals surface area contributed by atoms with E-state index < -0.39 is 29.9 Å². The van der Waals surface area contributed by atoms with E-state index in [2.05, 4.69) is 27.0 Å². The third kappa shape index (κ3) is 4.67. The van der Waals surface area contributed by atoms with Crippen LogP contribution in [0.4, 0.5) is 0 Å². The lowest BCUT2D eigenvalue weighted by atomic mass is 9.60. The molecule has 3 aliphatic rings. The Balaban J connectivity index is 2.08. The van der Waals surface area contributed by atoms with Crippen LogP contribution < -0.4 is 0 Å². The second-order valence-corrected chi connectivity index (χ2v) is 10.4. The number of fused-ring (bicyclic) bond motifs is 5. The van der Waals surface area contributed by atoms with Crippen molar-refractivity contribution in [2.45, 2.75) is 103 Å². The van der Waals surface area contributed by atoms with Crippen LogP contribution in [0.25, 0.3) is 0 Å². The lowest BCUT2D eigenvalue weighted by Gasteiger charge is -2.45. The molecule has 2 bridgehead atoms. The Kier molecular flexibility index (Phi) is 7.55. The molecule has 6 heteroatoms. The van der Waals surface area contributed by atoms with Gasteiger partial charge in [0, 0.05) is 25.2 Å². The molecule has 3 rings (SSSR count). The maximum Gasteiger partial charge on any atom is 0.306 e. The van der Waals surface area contributed by atoms with Gasteiger partial charge >= 0.3 is 11.9 Å². The molecular weight excluding hydrogens is 408 g/mol. The van der Waals surface area contributed by atoms with Crippen LogP contribution in [0.15, 0.2) is 24.3 Å². The average molecular weight is 449 g/mol. The van der Waals surface area contributed by atoms with Gasteiger partial charge in [0.2, 0.25) is 0 Å². The fourth-order valence-electron chi connectivity index (χ4n) is 6.16. The number of carbonyl (C=O) groups excluding carboxylic acids is 2. The third-order valence-corrected chi connectivity index (χ3v) is 7.76. The van der Waals surface area contributed by atoms with Gasteiger partial charge in [0.05, 0.1) is 6.10 Å². The summed E-state index contributed by atoms with van der Waals surface area (Å²) in [5, 5.41) is 11.3. The van der Waals surface area contributed by atoms with Gasteiger partial charge in [-0.05, 0) is 56.4 Å². The second kappa shape index (κ2) is 9.68. The average Bonchev–Trinajstić information content (AvgIpc) is 3.12. The van der Waals surface area contributed by atoms with Gasteiger partial charge < -0.3 is 19.3 Å². The van der Waals surface area contributed by atoms with E-state index in [-0.39, 0.29) is 23.9 Å². The molecule has 6 nitrogen and oxygen atoms in total. The van der Waals surface area contributed by atoms with E-state index in [9.17, 15) is 14.7 Å². The first-order chi connectivity index (χ1) is 15.0. The fourth-order valence-corrected chi connectivity index (χ4v) is 6.16. The standard InChI is InChI=1S/C26H40O6/c1-8-9-20(28)32-26(7)13-12-19(30-17(6)27)16(5)23(29)24-21-15(4)10-11-18(14(2)3)22(21)25(26)31-24/h14,18-19,21-25,29H,4-5,8-13H2,1-3,6-7H3/t18-,19+,21+,22-,23-,24+,25-,26-/m1/s1. The molecule has 180 valence electrons. The first-order valence-electron chi connectivity index (χ1n) is 12.1. The minimum atomic E-state index is -0.992.